The van der Waals surface area contributed by atoms with Crippen LogP contribution in [0.2, 0.25) is 5.02 Å². The van der Waals surface area contributed by atoms with Crippen LogP contribution < -0.4 is 10.6 Å². The fourth-order valence-electron chi connectivity index (χ4n) is 6.83. The highest BCUT2D eigenvalue weighted by molar-refractivity contribution is 7.76. The Morgan fingerprint density at radius 3 is 2.11 bits per heavy atom. The maximum absolute atomic E-state index is 15.7. The van der Waals surface area contributed by atoms with Gasteiger partial charge in [0.15, 0.2) is 0 Å². The third kappa shape index (κ3) is 4.78. The molecule has 3 aliphatic rings. The van der Waals surface area contributed by atoms with E-state index in [-0.39, 0.29) is 5.41 Å². The van der Waals surface area contributed by atoms with Crippen LogP contribution in [-0.2, 0) is 4.57 Å². The zero-order chi connectivity index (χ0) is 25.5. The van der Waals surface area contributed by atoms with E-state index < -0.39 is 7.29 Å². The molecule has 3 atom stereocenters. The van der Waals surface area contributed by atoms with Crippen molar-refractivity contribution in [2.75, 3.05) is 6.54 Å². The van der Waals surface area contributed by atoms with Gasteiger partial charge < -0.3 is 0 Å². The molecular weight excluding hydrogens is 493 g/mol. The molecule has 1 heterocycles. The van der Waals surface area contributed by atoms with E-state index in [9.17, 15) is 0 Å². The fraction of sp³-hybridized carbons (Fsp3) is 0.394. The summed E-state index contributed by atoms with van der Waals surface area (Å²) in [5.41, 5.74) is 2.84. The van der Waals surface area contributed by atoms with E-state index in [1.54, 1.807) is 0 Å². The summed E-state index contributed by atoms with van der Waals surface area (Å²) in [7, 11) is -3.05. The first kappa shape index (κ1) is 25.2. The van der Waals surface area contributed by atoms with Gasteiger partial charge in [0, 0.05) is 28.2 Å². The summed E-state index contributed by atoms with van der Waals surface area (Å²) in [6, 6.07) is 29.2. The molecule has 0 amide bonds. The molecule has 0 unspecified atom stereocenters. The zero-order valence-corrected chi connectivity index (χ0v) is 23.4. The first-order valence-electron chi connectivity index (χ1n) is 14.0. The van der Waals surface area contributed by atoms with Crippen molar-refractivity contribution in [2.24, 2.45) is 17.3 Å². The Morgan fingerprint density at radius 2 is 1.54 bits per heavy atom. The fourth-order valence-corrected chi connectivity index (χ4v) is 10.1. The molecule has 0 bridgehead atoms. The van der Waals surface area contributed by atoms with Gasteiger partial charge in [-0.3, -0.25) is 4.57 Å². The van der Waals surface area contributed by atoms with E-state index in [4.69, 9.17) is 11.6 Å². The average Bonchev–Trinajstić information content (AvgIpc) is 3.87. The molecule has 0 saturated heterocycles. The van der Waals surface area contributed by atoms with Crippen LogP contribution in [0.3, 0.4) is 0 Å². The number of hydrogen-bond acceptors (Lipinski definition) is 1. The predicted octanol–water partition coefficient (Wildman–Crippen LogP) is 8.33. The summed E-state index contributed by atoms with van der Waals surface area (Å²) in [6.45, 7) is 3.00. The highest BCUT2D eigenvalue weighted by Crippen LogP contribution is 2.68. The van der Waals surface area contributed by atoms with Crippen molar-refractivity contribution in [1.29, 1.82) is 0 Å². The van der Waals surface area contributed by atoms with Crippen molar-refractivity contribution in [3.63, 3.8) is 0 Å². The Kier molecular flexibility index (Phi) is 6.95. The van der Waals surface area contributed by atoms with Crippen LogP contribution >= 0.6 is 18.9 Å². The van der Waals surface area contributed by atoms with Crippen molar-refractivity contribution in [3.8, 4) is 0 Å². The van der Waals surface area contributed by atoms with Gasteiger partial charge >= 0.3 is 0 Å². The van der Waals surface area contributed by atoms with Crippen LogP contribution in [0.1, 0.15) is 57.4 Å². The predicted molar refractivity (Wildman–Crippen MR) is 157 cm³/mol. The zero-order valence-electron chi connectivity index (χ0n) is 21.7. The molecule has 37 heavy (non-hydrogen) atoms. The molecule has 2 nitrogen and oxygen atoms in total. The molecule has 2 aliphatic carbocycles. The van der Waals surface area contributed by atoms with Gasteiger partial charge in [-0.05, 0) is 90.5 Å². The molecule has 2 saturated carbocycles. The van der Waals surface area contributed by atoms with Crippen molar-refractivity contribution in [3.05, 3.63) is 102 Å². The van der Waals surface area contributed by atoms with Crippen molar-refractivity contribution in [2.45, 2.75) is 57.9 Å². The van der Waals surface area contributed by atoms with Gasteiger partial charge in [-0.1, -0.05) is 92.4 Å². The Hall–Kier alpha value is -2.12. The van der Waals surface area contributed by atoms with E-state index in [1.165, 1.54) is 49.7 Å². The van der Waals surface area contributed by atoms with Crippen molar-refractivity contribution < 1.29 is 4.57 Å². The number of nitrogens with zero attached hydrogens (tertiary/aromatic N) is 1. The van der Waals surface area contributed by atoms with Crippen LogP contribution in [0.4, 0.5) is 0 Å². The number of benzene rings is 3. The summed E-state index contributed by atoms with van der Waals surface area (Å²) >= 11 is 6.24. The topological polar surface area (TPSA) is 20.3 Å². The number of unbranched alkanes of at least 4 members (excludes halogenated alkanes) is 1. The standard InChI is InChI=1S/C33H37ClNOP/c1-2-3-10-26-23-31(26)32-33(20-21-33)24-27(25-15-17-28(34)18-16-25)19-22-35(32)37(36,29-11-6-4-7-12-29)30-13-8-5-9-14-30/h4-9,11-19,26,31-32H,2-3,10,20-24H2,1H3/t26-,31-,32-/m0/s1. The van der Waals surface area contributed by atoms with Gasteiger partial charge in [0.1, 0.15) is 0 Å². The van der Waals surface area contributed by atoms with Gasteiger partial charge in [0.2, 0.25) is 7.29 Å². The Bertz CT molecular complexity index is 1260. The lowest BCUT2D eigenvalue weighted by Crippen LogP contribution is -2.45. The number of hydrogen-bond donors (Lipinski definition) is 0. The molecular formula is C33H37ClNOP. The molecule has 2 fully saturated rings. The maximum atomic E-state index is 15.7. The summed E-state index contributed by atoms with van der Waals surface area (Å²) < 4.78 is 18.2. The highest BCUT2D eigenvalue weighted by Gasteiger charge is 2.62. The molecule has 1 aliphatic heterocycles. The second-order valence-corrected chi connectivity index (χ2v) is 14.5. The second kappa shape index (κ2) is 10.2. The van der Waals surface area contributed by atoms with E-state index >= 15 is 4.57 Å². The van der Waals surface area contributed by atoms with Crippen LogP contribution in [0.5, 0.6) is 0 Å². The summed E-state index contributed by atoms with van der Waals surface area (Å²) in [5, 5.41) is 2.68. The molecule has 0 N–H and O–H groups in total. The van der Waals surface area contributed by atoms with Gasteiger partial charge in [0.05, 0.1) is 0 Å². The first-order valence-corrected chi connectivity index (χ1v) is 16.0. The molecule has 0 aromatic heterocycles. The smallest absolute Gasteiger partial charge is 0.207 e. The molecule has 192 valence electrons. The average molecular weight is 530 g/mol. The highest BCUT2D eigenvalue weighted by atomic mass is 35.5. The van der Waals surface area contributed by atoms with Gasteiger partial charge in [-0.2, -0.15) is 0 Å². The Labute approximate surface area is 227 Å². The van der Waals surface area contributed by atoms with Gasteiger partial charge in [0.25, 0.3) is 0 Å². The van der Waals surface area contributed by atoms with E-state index in [0.29, 0.717) is 18.5 Å². The van der Waals surface area contributed by atoms with Gasteiger partial charge in [-0.25, -0.2) is 4.67 Å². The van der Waals surface area contributed by atoms with Crippen LogP contribution in [0, 0.1) is 17.3 Å². The lowest BCUT2D eigenvalue weighted by molar-refractivity contribution is 0.205. The molecule has 4 heteroatoms. The quantitative estimate of drug-likeness (QED) is 0.273. The SMILES string of the molecule is CCCC[C@H]1C[C@@H]1[C@@H]1N(P(=O)(c2ccccc2)c2ccccc2)CC=C(c2ccc(Cl)cc2)CC12CC2. The van der Waals surface area contributed by atoms with Crippen LogP contribution in [0.25, 0.3) is 5.57 Å². The maximum Gasteiger partial charge on any atom is 0.207 e. The lowest BCUT2D eigenvalue weighted by Gasteiger charge is -2.41. The third-order valence-corrected chi connectivity index (χ3v) is 12.4. The van der Waals surface area contributed by atoms with Crippen LogP contribution in [0.15, 0.2) is 91.0 Å². The van der Waals surface area contributed by atoms with E-state index in [1.807, 2.05) is 48.5 Å². The minimum absolute atomic E-state index is 0.201. The lowest BCUT2D eigenvalue weighted by atomic mass is 9.84. The molecule has 3 aromatic carbocycles. The number of halogens is 1. The minimum Gasteiger partial charge on any atom is -0.296 e. The van der Waals surface area contributed by atoms with Crippen molar-refractivity contribution >= 4 is 35.1 Å². The molecule has 6 rings (SSSR count). The summed E-state index contributed by atoms with van der Waals surface area (Å²) in [6.07, 6.45) is 11.0. The number of allylic oxidation sites excluding steroid dienone is 1. The largest absolute Gasteiger partial charge is 0.296 e. The summed E-state index contributed by atoms with van der Waals surface area (Å²) in [4.78, 5) is 0. The van der Waals surface area contributed by atoms with E-state index in [2.05, 4.69) is 54.1 Å². The third-order valence-electron chi connectivity index (χ3n) is 9.01. The Morgan fingerprint density at radius 1 is 0.919 bits per heavy atom. The normalized spacial score (nSPS) is 24.9. The van der Waals surface area contributed by atoms with E-state index in [0.717, 1.165) is 28.0 Å². The molecule has 1 spiro atoms. The second-order valence-electron chi connectivity index (χ2n) is 11.4. The minimum atomic E-state index is -3.05. The summed E-state index contributed by atoms with van der Waals surface area (Å²) in [5.74, 6) is 1.40. The van der Waals surface area contributed by atoms with Crippen LogP contribution in [-0.4, -0.2) is 17.3 Å². The monoisotopic (exact) mass is 529 g/mol. The van der Waals surface area contributed by atoms with Gasteiger partial charge in [-0.15, -0.1) is 0 Å². The first-order chi connectivity index (χ1) is 18.0. The van der Waals surface area contributed by atoms with Crippen molar-refractivity contribution in [1.82, 2.24) is 4.67 Å². The molecule has 3 aromatic rings. The number of rotatable bonds is 8. The molecule has 0 radical (unpaired) electrons. The Balaban J connectivity index is 1.48.